The molecule has 0 saturated heterocycles. The molecule has 126 valence electrons. The van der Waals surface area contributed by atoms with Crippen LogP contribution in [0.15, 0.2) is 40.0 Å². The third-order valence-corrected chi connectivity index (χ3v) is 4.37. The Kier molecular flexibility index (Phi) is 4.89. The van der Waals surface area contributed by atoms with Crippen molar-refractivity contribution < 1.29 is 9.32 Å². The lowest BCUT2D eigenvalue weighted by Crippen LogP contribution is -2.14. The fourth-order valence-corrected chi connectivity index (χ4v) is 3.26. The third-order valence-electron chi connectivity index (χ3n) is 3.39. The van der Waals surface area contributed by atoms with Gasteiger partial charge in [0.15, 0.2) is 5.16 Å². The monoisotopic (exact) mass is 344 g/mol. The van der Waals surface area contributed by atoms with Gasteiger partial charge < -0.3 is 9.09 Å². The number of benzene rings is 1. The second-order valence-corrected chi connectivity index (χ2v) is 7.00. The second-order valence-electron chi connectivity index (χ2n) is 6.06. The van der Waals surface area contributed by atoms with Gasteiger partial charge in [-0.25, -0.2) is 4.98 Å². The summed E-state index contributed by atoms with van der Waals surface area (Å²) in [6.45, 7) is 7.01. The Morgan fingerprint density at radius 1 is 1.38 bits per heavy atom. The minimum Gasteiger partial charge on any atom is -0.338 e. The van der Waals surface area contributed by atoms with Gasteiger partial charge >= 0.3 is 0 Å². The van der Waals surface area contributed by atoms with Crippen molar-refractivity contribution in [2.24, 2.45) is 5.92 Å². The minimum absolute atomic E-state index is 0.140. The smallest absolute Gasteiger partial charge is 0.237 e. The normalized spacial score (nSPS) is 11.3. The summed E-state index contributed by atoms with van der Waals surface area (Å²) in [6.07, 6.45) is 0. The SMILES string of the molecule is Cc1cc(NC(=O)CSc2nc3ccccc3n2CC(C)C)on1. The van der Waals surface area contributed by atoms with E-state index in [1.54, 1.807) is 6.07 Å². The first kappa shape index (κ1) is 16.6. The summed E-state index contributed by atoms with van der Waals surface area (Å²) in [7, 11) is 0. The van der Waals surface area contributed by atoms with Crippen LogP contribution in [0.2, 0.25) is 0 Å². The molecule has 1 amide bonds. The highest BCUT2D eigenvalue weighted by molar-refractivity contribution is 7.99. The summed E-state index contributed by atoms with van der Waals surface area (Å²) in [5.74, 6) is 0.988. The summed E-state index contributed by atoms with van der Waals surface area (Å²) in [5.41, 5.74) is 2.78. The molecule has 3 rings (SSSR count). The number of fused-ring (bicyclic) bond motifs is 1. The average Bonchev–Trinajstić information content (AvgIpc) is 3.09. The topological polar surface area (TPSA) is 73.0 Å². The van der Waals surface area contributed by atoms with Crippen LogP contribution in [0.5, 0.6) is 0 Å². The summed E-state index contributed by atoms with van der Waals surface area (Å²) in [5, 5.41) is 7.31. The Morgan fingerprint density at radius 2 is 2.17 bits per heavy atom. The maximum atomic E-state index is 12.1. The van der Waals surface area contributed by atoms with Crippen molar-refractivity contribution in [3.8, 4) is 0 Å². The number of hydrogen-bond donors (Lipinski definition) is 1. The van der Waals surface area contributed by atoms with Crippen LogP contribution in [0.1, 0.15) is 19.5 Å². The lowest BCUT2D eigenvalue weighted by Gasteiger charge is -2.11. The van der Waals surface area contributed by atoms with E-state index in [4.69, 9.17) is 4.52 Å². The van der Waals surface area contributed by atoms with E-state index in [0.29, 0.717) is 11.8 Å². The van der Waals surface area contributed by atoms with Crippen molar-refractivity contribution >= 4 is 34.6 Å². The van der Waals surface area contributed by atoms with Gasteiger partial charge in [-0.2, -0.15) is 0 Å². The van der Waals surface area contributed by atoms with Crippen LogP contribution in [0.4, 0.5) is 5.88 Å². The molecule has 0 bridgehead atoms. The first-order chi connectivity index (χ1) is 11.5. The zero-order chi connectivity index (χ0) is 17.1. The lowest BCUT2D eigenvalue weighted by atomic mass is 10.2. The number of rotatable bonds is 6. The van der Waals surface area contributed by atoms with Gasteiger partial charge in [-0.3, -0.25) is 10.1 Å². The van der Waals surface area contributed by atoms with E-state index >= 15 is 0 Å². The van der Waals surface area contributed by atoms with E-state index in [9.17, 15) is 4.79 Å². The third kappa shape index (κ3) is 3.79. The Morgan fingerprint density at radius 3 is 2.88 bits per heavy atom. The first-order valence-corrected chi connectivity index (χ1v) is 8.82. The fraction of sp³-hybridized carbons (Fsp3) is 0.353. The molecular weight excluding hydrogens is 324 g/mol. The van der Waals surface area contributed by atoms with Gasteiger partial charge in [0, 0.05) is 12.6 Å². The van der Waals surface area contributed by atoms with E-state index < -0.39 is 0 Å². The number of carbonyl (C=O) groups is 1. The molecule has 2 aromatic heterocycles. The summed E-state index contributed by atoms with van der Waals surface area (Å²) in [4.78, 5) is 16.7. The van der Waals surface area contributed by atoms with E-state index in [1.807, 2.05) is 25.1 Å². The highest BCUT2D eigenvalue weighted by Crippen LogP contribution is 2.25. The van der Waals surface area contributed by atoms with Gasteiger partial charge in [0.2, 0.25) is 11.8 Å². The Balaban J connectivity index is 1.73. The molecule has 0 saturated carbocycles. The van der Waals surface area contributed by atoms with Gasteiger partial charge in [0.1, 0.15) is 0 Å². The highest BCUT2D eigenvalue weighted by atomic mass is 32.2. The minimum atomic E-state index is -0.140. The maximum Gasteiger partial charge on any atom is 0.237 e. The van der Waals surface area contributed by atoms with E-state index in [1.165, 1.54) is 11.8 Å². The summed E-state index contributed by atoms with van der Waals surface area (Å²) in [6, 6.07) is 9.73. The van der Waals surface area contributed by atoms with Gasteiger partial charge in [-0.05, 0) is 25.0 Å². The Bertz CT molecular complexity index is 853. The van der Waals surface area contributed by atoms with Crippen molar-refractivity contribution in [3.05, 3.63) is 36.0 Å². The van der Waals surface area contributed by atoms with E-state index in [0.717, 1.165) is 28.4 Å². The second kappa shape index (κ2) is 7.09. The van der Waals surface area contributed by atoms with Crippen molar-refractivity contribution in [1.29, 1.82) is 0 Å². The van der Waals surface area contributed by atoms with Crippen molar-refractivity contribution in [1.82, 2.24) is 14.7 Å². The van der Waals surface area contributed by atoms with Crippen LogP contribution in [-0.4, -0.2) is 26.4 Å². The molecule has 1 N–H and O–H groups in total. The molecule has 0 aliphatic heterocycles. The van der Waals surface area contributed by atoms with Gasteiger partial charge in [-0.1, -0.05) is 42.9 Å². The molecule has 24 heavy (non-hydrogen) atoms. The first-order valence-electron chi connectivity index (χ1n) is 7.84. The molecular formula is C17H20N4O2S. The predicted octanol–water partition coefficient (Wildman–Crippen LogP) is 3.72. The van der Waals surface area contributed by atoms with Crippen molar-refractivity contribution in [2.45, 2.75) is 32.5 Å². The fourth-order valence-electron chi connectivity index (χ4n) is 2.43. The number of carbonyl (C=O) groups excluding carboxylic acids is 1. The van der Waals surface area contributed by atoms with Crippen LogP contribution < -0.4 is 5.32 Å². The number of aromatic nitrogens is 3. The van der Waals surface area contributed by atoms with Gasteiger partial charge in [0.25, 0.3) is 0 Å². The molecule has 7 heteroatoms. The van der Waals surface area contributed by atoms with Gasteiger partial charge in [-0.15, -0.1) is 0 Å². The maximum absolute atomic E-state index is 12.1. The van der Waals surface area contributed by atoms with E-state index in [2.05, 4.69) is 39.9 Å². The van der Waals surface area contributed by atoms with Crippen molar-refractivity contribution in [2.75, 3.05) is 11.1 Å². The van der Waals surface area contributed by atoms with Crippen molar-refractivity contribution in [3.63, 3.8) is 0 Å². The number of nitrogens with zero attached hydrogens (tertiary/aromatic N) is 3. The number of hydrogen-bond acceptors (Lipinski definition) is 5. The number of amides is 1. The zero-order valence-electron chi connectivity index (χ0n) is 13.9. The van der Waals surface area contributed by atoms with Crippen LogP contribution >= 0.6 is 11.8 Å². The number of nitrogens with one attached hydrogen (secondary N) is 1. The van der Waals surface area contributed by atoms with Crippen LogP contribution in [-0.2, 0) is 11.3 Å². The number of imidazole rings is 1. The molecule has 0 unspecified atom stereocenters. The number of para-hydroxylation sites is 2. The molecule has 0 fully saturated rings. The standard InChI is InChI=1S/C17H20N4O2S/c1-11(2)9-21-14-7-5-4-6-13(14)18-17(21)24-10-15(22)19-16-8-12(3)20-23-16/h4-8,11H,9-10H2,1-3H3,(H,19,22). The molecule has 0 aliphatic rings. The van der Waals surface area contributed by atoms with Gasteiger partial charge in [0.05, 0.1) is 22.5 Å². The molecule has 2 heterocycles. The molecule has 3 aromatic rings. The largest absolute Gasteiger partial charge is 0.338 e. The highest BCUT2D eigenvalue weighted by Gasteiger charge is 2.14. The van der Waals surface area contributed by atoms with E-state index in [-0.39, 0.29) is 11.7 Å². The molecule has 0 aliphatic carbocycles. The zero-order valence-corrected chi connectivity index (χ0v) is 14.8. The Labute approximate surface area is 144 Å². The predicted molar refractivity (Wildman–Crippen MR) is 95.2 cm³/mol. The quantitative estimate of drug-likeness (QED) is 0.690. The number of thioether (sulfide) groups is 1. The van der Waals surface area contributed by atoms with Crippen LogP contribution in [0.3, 0.4) is 0 Å². The number of anilines is 1. The average molecular weight is 344 g/mol. The summed E-state index contributed by atoms with van der Waals surface area (Å²) < 4.78 is 7.18. The molecule has 0 atom stereocenters. The molecule has 0 radical (unpaired) electrons. The van der Waals surface area contributed by atoms with Crippen LogP contribution in [0, 0.1) is 12.8 Å². The molecule has 1 aromatic carbocycles. The number of aryl methyl sites for hydroxylation is 1. The molecule has 6 nitrogen and oxygen atoms in total. The molecule has 0 spiro atoms. The lowest BCUT2D eigenvalue weighted by molar-refractivity contribution is -0.113. The van der Waals surface area contributed by atoms with Crippen LogP contribution in [0.25, 0.3) is 11.0 Å². The summed E-state index contributed by atoms with van der Waals surface area (Å²) >= 11 is 1.43. The Hall–Kier alpha value is -2.28.